The molecule has 1 atom stereocenters. The van der Waals surface area contributed by atoms with Crippen molar-refractivity contribution in [2.24, 2.45) is 15.9 Å². The Bertz CT molecular complexity index is 458. The average molecular weight is 218 g/mol. The normalized spacial score (nSPS) is 24.0. The lowest BCUT2D eigenvalue weighted by Gasteiger charge is -2.19. The molecule has 0 spiro atoms. The van der Waals surface area contributed by atoms with Crippen LogP contribution in [0.2, 0.25) is 0 Å². The second kappa shape index (κ2) is 4.22. The highest BCUT2D eigenvalue weighted by Crippen LogP contribution is 2.22. The summed E-state index contributed by atoms with van der Waals surface area (Å²) in [6.07, 6.45) is 7.08. The van der Waals surface area contributed by atoms with Gasteiger partial charge in [0.05, 0.1) is 0 Å². The summed E-state index contributed by atoms with van der Waals surface area (Å²) < 4.78 is 0. The quantitative estimate of drug-likeness (QED) is 0.701. The highest BCUT2D eigenvalue weighted by Gasteiger charge is 2.23. The number of rotatable bonds is 2. The maximum absolute atomic E-state index is 11.0. The highest BCUT2D eigenvalue weighted by atomic mass is 16.4. The van der Waals surface area contributed by atoms with E-state index in [-0.39, 0.29) is 11.8 Å². The first kappa shape index (κ1) is 10.5. The number of carboxylic acid groups (broad SMARTS) is 1. The van der Waals surface area contributed by atoms with Crippen LogP contribution in [0.4, 0.5) is 0 Å². The van der Waals surface area contributed by atoms with Crippen LogP contribution in [-0.4, -0.2) is 29.0 Å². The van der Waals surface area contributed by atoms with Crippen molar-refractivity contribution in [1.29, 1.82) is 0 Å². The third kappa shape index (κ3) is 2.31. The van der Waals surface area contributed by atoms with E-state index in [0.29, 0.717) is 18.7 Å². The SMILES string of the molecule is O=C(O)/C=C/C1=CC2CCC(=O)N=C2N=C1. The molecule has 0 saturated carbocycles. The summed E-state index contributed by atoms with van der Waals surface area (Å²) in [5.74, 6) is -0.561. The minimum atomic E-state index is -0.993. The van der Waals surface area contributed by atoms with Crippen LogP contribution in [-0.2, 0) is 9.59 Å². The zero-order valence-corrected chi connectivity index (χ0v) is 8.46. The molecular formula is C11H10N2O3. The molecule has 1 unspecified atom stereocenters. The van der Waals surface area contributed by atoms with Crippen LogP contribution in [0.15, 0.2) is 33.8 Å². The molecule has 0 radical (unpaired) electrons. The second-order valence-electron chi connectivity index (χ2n) is 3.61. The predicted octanol–water partition coefficient (Wildman–Crippen LogP) is 0.973. The van der Waals surface area contributed by atoms with Crippen molar-refractivity contribution in [3.8, 4) is 0 Å². The Hall–Kier alpha value is -2.04. The lowest BCUT2D eigenvalue weighted by atomic mass is 9.94. The smallest absolute Gasteiger partial charge is 0.328 e. The Balaban J connectivity index is 2.18. The van der Waals surface area contributed by atoms with Gasteiger partial charge in [0.25, 0.3) is 0 Å². The van der Waals surface area contributed by atoms with E-state index in [1.165, 1.54) is 12.3 Å². The third-order valence-electron chi connectivity index (χ3n) is 2.40. The second-order valence-corrected chi connectivity index (χ2v) is 3.61. The van der Waals surface area contributed by atoms with Gasteiger partial charge in [-0.3, -0.25) is 4.79 Å². The molecule has 0 aromatic heterocycles. The minimum absolute atomic E-state index is 0.0381. The molecule has 2 rings (SSSR count). The summed E-state index contributed by atoms with van der Waals surface area (Å²) in [6.45, 7) is 0. The molecule has 2 aliphatic heterocycles. The largest absolute Gasteiger partial charge is 0.478 e. The van der Waals surface area contributed by atoms with E-state index >= 15 is 0 Å². The molecule has 5 nitrogen and oxygen atoms in total. The van der Waals surface area contributed by atoms with E-state index in [2.05, 4.69) is 9.98 Å². The number of aliphatic imine (C=N–C) groups is 2. The van der Waals surface area contributed by atoms with Gasteiger partial charge in [-0.25, -0.2) is 9.79 Å². The minimum Gasteiger partial charge on any atom is -0.478 e. The van der Waals surface area contributed by atoms with Gasteiger partial charge in [-0.1, -0.05) is 6.08 Å². The molecule has 0 saturated heterocycles. The maximum Gasteiger partial charge on any atom is 0.328 e. The van der Waals surface area contributed by atoms with Gasteiger partial charge >= 0.3 is 5.97 Å². The van der Waals surface area contributed by atoms with Crippen molar-refractivity contribution in [2.45, 2.75) is 12.8 Å². The Morgan fingerprint density at radius 2 is 2.38 bits per heavy atom. The zero-order chi connectivity index (χ0) is 11.5. The molecule has 2 aliphatic rings. The number of dihydropyridines is 1. The first-order chi connectivity index (χ1) is 7.65. The molecule has 0 aliphatic carbocycles. The molecule has 0 aromatic rings. The molecule has 1 amide bonds. The number of carboxylic acids is 1. The van der Waals surface area contributed by atoms with E-state index < -0.39 is 5.97 Å². The van der Waals surface area contributed by atoms with E-state index in [0.717, 1.165) is 11.6 Å². The van der Waals surface area contributed by atoms with Gasteiger partial charge in [0.15, 0.2) is 0 Å². The number of amides is 1. The van der Waals surface area contributed by atoms with Gasteiger partial charge in [-0.15, -0.1) is 0 Å². The number of fused-ring (bicyclic) bond motifs is 1. The van der Waals surface area contributed by atoms with Crippen LogP contribution < -0.4 is 0 Å². The Morgan fingerprint density at radius 1 is 1.56 bits per heavy atom. The Labute approximate surface area is 91.9 Å². The summed E-state index contributed by atoms with van der Waals surface area (Å²) >= 11 is 0. The first-order valence-electron chi connectivity index (χ1n) is 4.93. The maximum atomic E-state index is 11.0. The van der Waals surface area contributed by atoms with E-state index in [1.807, 2.05) is 6.08 Å². The predicted molar refractivity (Wildman–Crippen MR) is 58.5 cm³/mol. The lowest BCUT2D eigenvalue weighted by molar-refractivity contribution is -0.131. The van der Waals surface area contributed by atoms with Crippen LogP contribution >= 0.6 is 0 Å². The Kier molecular flexibility index (Phi) is 2.76. The number of aliphatic carboxylic acids is 1. The number of nitrogens with zero attached hydrogens (tertiary/aromatic N) is 2. The number of hydrogen-bond acceptors (Lipinski definition) is 3. The fourth-order valence-corrected chi connectivity index (χ4v) is 1.64. The van der Waals surface area contributed by atoms with Crippen LogP contribution in [0.1, 0.15) is 12.8 Å². The van der Waals surface area contributed by atoms with E-state index in [1.54, 1.807) is 0 Å². The molecule has 16 heavy (non-hydrogen) atoms. The average Bonchev–Trinajstić information content (AvgIpc) is 2.26. The molecule has 1 N–H and O–H groups in total. The molecule has 0 bridgehead atoms. The number of allylic oxidation sites excluding steroid dienone is 2. The van der Waals surface area contributed by atoms with Crippen LogP contribution in [0.25, 0.3) is 0 Å². The number of carbonyl (C=O) groups is 2. The van der Waals surface area contributed by atoms with Crippen molar-refractivity contribution in [3.63, 3.8) is 0 Å². The van der Waals surface area contributed by atoms with Gasteiger partial charge in [-0.2, -0.15) is 4.99 Å². The molecular weight excluding hydrogens is 208 g/mol. The summed E-state index contributed by atoms with van der Waals surface area (Å²) in [5, 5.41) is 8.48. The molecule has 2 heterocycles. The van der Waals surface area contributed by atoms with E-state index in [4.69, 9.17) is 5.11 Å². The van der Waals surface area contributed by atoms with Crippen molar-refractivity contribution in [2.75, 3.05) is 0 Å². The van der Waals surface area contributed by atoms with Crippen LogP contribution in [0, 0.1) is 5.92 Å². The fourth-order valence-electron chi connectivity index (χ4n) is 1.64. The van der Waals surface area contributed by atoms with Gasteiger partial charge in [0, 0.05) is 24.6 Å². The number of amidine groups is 1. The fraction of sp³-hybridized carbons (Fsp3) is 0.273. The number of hydrogen-bond donors (Lipinski definition) is 1. The van der Waals surface area contributed by atoms with E-state index in [9.17, 15) is 9.59 Å². The number of carbonyl (C=O) groups excluding carboxylic acids is 1. The standard InChI is InChI=1S/C11H10N2O3/c14-9-3-2-8-5-7(1-4-10(15)16)6-12-11(8)13-9/h1,4-6,8H,2-3H2,(H,15,16)/b4-1+. The highest BCUT2D eigenvalue weighted by molar-refractivity contribution is 6.07. The summed E-state index contributed by atoms with van der Waals surface area (Å²) in [5.41, 5.74) is 0.737. The van der Waals surface area contributed by atoms with Crippen molar-refractivity contribution in [1.82, 2.24) is 0 Å². The molecule has 0 fully saturated rings. The third-order valence-corrected chi connectivity index (χ3v) is 2.40. The summed E-state index contributed by atoms with van der Waals surface area (Å²) in [7, 11) is 0. The molecule has 0 aromatic carbocycles. The van der Waals surface area contributed by atoms with Crippen LogP contribution in [0.5, 0.6) is 0 Å². The first-order valence-corrected chi connectivity index (χ1v) is 4.93. The summed E-state index contributed by atoms with van der Waals surface area (Å²) in [6, 6.07) is 0. The van der Waals surface area contributed by atoms with Gasteiger partial charge in [0.1, 0.15) is 5.84 Å². The van der Waals surface area contributed by atoms with Gasteiger partial charge in [-0.05, 0) is 18.1 Å². The monoisotopic (exact) mass is 218 g/mol. The van der Waals surface area contributed by atoms with Crippen molar-refractivity contribution < 1.29 is 14.7 Å². The summed E-state index contributed by atoms with van der Waals surface area (Å²) in [4.78, 5) is 29.3. The molecule has 82 valence electrons. The Morgan fingerprint density at radius 3 is 3.12 bits per heavy atom. The van der Waals surface area contributed by atoms with Crippen molar-refractivity contribution in [3.05, 3.63) is 23.8 Å². The topological polar surface area (TPSA) is 79.1 Å². The van der Waals surface area contributed by atoms with Gasteiger partial charge in [0.2, 0.25) is 5.91 Å². The van der Waals surface area contributed by atoms with Gasteiger partial charge < -0.3 is 5.11 Å². The lowest BCUT2D eigenvalue weighted by Crippen LogP contribution is -2.22. The van der Waals surface area contributed by atoms with Crippen LogP contribution in [0.3, 0.4) is 0 Å². The zero-order valence-electron chi connectivity index (χ0n) is 8.46. The van der Waals surface area contributed by atoms with Crippen molar-refractivity contribution >= 4 is 23.9 Å². The molecule has 5 heteroatoms.